The number of nitrogens with zero attached hydrogens (tertiary/aromatic N) is 1. The molecule has 3 atom stereocenters. The molecule has 0 radical (unpaired) electrons. The summed E-state index contributed by atoms with van der Waals surface area (Å²) in [6.07, 6.45) is -14.1. The molecule has 5 rings (SSSR count). The Morgan fingerprint density at radius 2 is 1.70 bits per heavy atom. The molecule has 1 heterocycles. The van der Waals surface area contributed by atoms with E-state index in [0.29, 0.717) is 16.5 Å². The number of hydrogen-bond acceptors (Lipinski definition) is 5. The smallest absolute Gasteiger partial charge is 0.423 e. The summed E-state index contributed by atoms with van der Waals surface area (Å²) in [5.74, 6) is -3.65. The van der Waals surface area contributed by atoms with Crippen molar-refractivity contribution in [3.05, 3.63) is 94.6 Å². The molecule has 1 unspecified atom stereocenters. The summed E-state index contributed by atoms with van der Waals surface area (Å²) in [4.78, 5) is 13.1. The number of benzene rings is 3. The lowest BCUT2D eigenvalue weighted by atomic mass is 9.78. The minimum atomic E-state index is -5.30. The molecular formula is C29H23F8NO5S. The van der Waals surface area contributed by atoms with Crippen molar-refractivity contribution in [2.75, 3.05) is 6.54 Å². The second-order valence-electron chi connectivity index (χ2n) is 10.5. The van der Waals surface area contributed by atoms with Crippen LogP contribution in [0, 0.1) is 11.6 Å². The van der Waals surface area contributed by atoms with Crippen LogP contribution in [0.2, 0.25) is 0 Å². The Balaban J connectivity index is 1.56. The highest BCUT2D eigenvalue weighted by molar-refractivity contribution is 7.92. The molecule has 1 saturated heterocycles. The molecule has 0 saturated carbocycles. The van der Waals surface area contributed by atoms with Gasteiger partial charge in [-0.05, 0) is 78.9 Å². The van der Waals surface area contributed by atoms with E-state index >= 15 is 0 Å². The molecule has 0 bridgehead atoms. The number of alkyl halides is 6. The fourth-order valence-electron chi connectivity index (χ4n) is 6.11. The Hall–Kier alpha value is -3.72. The molecular weight excluding hydrogens is 626 g/mol. The monoisotopic (exact) mass is 649 g/mol. The third kappa shape index (κ3) is 5.29. The predicted molar refractivity (Wildman–Crippen MR) is 138 cm³/mol. The van der Waals surface area contributed by atoms with Gasteiger partial charge in [-0.1, -0.05) is 12.1 Å². The molecule has 1 aliphatic heterocycles. The molecule has 1 fully saturated rings. The van der Waals surface area contributed by atoms with Crippen molar-refractivity contribution in [3.63, 3.8) is 0 Å². The van der Waals surface area contributed by atoms with Crippen molar-refractivity contribution < 1.29 is 58.2 Å². The standard InChI is InChI=1S/C29H23F8NO5S/c30-17-5-8-19(9-6-17)44(41,42)27-12-13-38(26(40)25(39)29(35,36)37)24(27)11-4-16-14-18(7-10-21(16)27)43-15-20-22(28(32,33)34)2-1-3-23(20)31/h1-3,5-10,14,24-25,39H,4,11-13,15H2/t24-,25?,27-/m1/s1. The van der Waals surface area contributed by atoms with E-state index in [-0.39, 0.29) is 35.5 Å². The van der Waals surface area contributed by atoms with Crippen LogP contribution in [-0.2, 0) is 38.6 Å². The minimum absolute atomic E-state index is 0.0112. The van der Waals surface area contributed by atoms with Gasteiger partial charge in [-0.15, -0.1) is 0 Å². The highest BCUT2D eigenvalue weighted by Gasteiger charge is 2.62. The van der Waals surface area contributed by atoms with Crippen molar-refractivity contribution in [2.45, 2.75) is 60.0 Å². The van der Waals surface area contributed by atoms with Crippen LogP contribution in [0.5, 0.6) is 5.75 Å². The van der Waals surface area contributed by atoms with Gasteiger partial charge in [0.25, 0.3) is 5.91 Å². The number of amides is 1. The summed E-state index contributed by atoms with van der Waals surface area (Å²) >= 11 is 0. The first kappa shape index (κ1) is 31.7. The number of likely N-dealkylation sites (tertiary alicyclic amines) is 1. The van der Waals surface area contributed by atoms with Crippen molar-refractivity contribution in [1.82, 2.24) is 4.90 Å². The van der Waals surface area contributed by atoms with Crippen LogP contribution >= 0.6 is 0 Å². The zero-order valence-electron chi connectivity index (χ0n) is 22.4. The van der Waals surface area contributed by atoms with Gasteiger partial charge in [-0.25, -0.2) is 17.2 Å². The van der Waals surface area contributed by atoms with Gasteiger partial charge in [0.05, 0.1) is 16.5 Å². The summed E-state index contributed by atoms with van der Waals surface area (Å²) in [5, 5.41) is 9.69. The van der Waals surface area contributed by atoms with E-state index in [9.17, 15) is 53.4 Å². The van der Waals surface area contributed by atoms with Crippen LogP contribution in [-0.4, -0.2) is 49.2 Å². The van der Waals surface area contributed by atoms with Gasteiger partial charge in [0.15, 0.2) is 9.84 Å². The Labute approximate surface area is 245 Å². The molecule has 0 spiro atoms. The first-order valence-electron chi connectivity index (χ1n) is 13.1. The van der Waals surface area contributed by atoms with E-state index in [1.165, 1.54) is 18.2 Å². The van der Waals surface area contributed by atoms with Crippen molar-refractivity contribution >= 4 is 15.7 Å². The average molecular weight is 650 g/mol. The SMILES string of the molecule is O=C(C(O)C(F)(F)F)N1CC[C@@]2(S(=O)(=O)c3ccc(F)cc3)c3ccc(OCc4c(F)cccc4C(F)(F)F)cc3CC[C@@H]12. The molecule has 3 aromatic carbocycles. The molecule has 6 nitrogen and oxygen atoms in total. The Morgan fingerprint density at radius 1 is 1.02 bits per heavy atom. The van der Waals surface area contributed by atoms with Crippen LogP contribution in [0.15, 0.2) is 65.6 Å². The minimum Gasteiger partial charge on any atom is -0.489 e. The zero-order valence-corrected chi connectivity index (χ0v) is 23.2. The van der Waals surface area contributed by atoms with Crippen LogP contribution in [0.1, 0.15) is 35.1 Å². The molecule has 44 heavy (non-hydrogen) atoms. The highest BCUT2D eigenvalue weighted by Crippen LogP contribution is 2.53. The van der Waals surface area contributed by atoms with E-state index in [4.69, 9.17) is 4.74 Å². The molecule has 2 aliphatic rings. The first-order chi connectivity index (χ1) is 20.5. The van der Waals surface area contributed by atoms with Gasteiger partial charge in [-0.2, -0.15) is 26.3 Å². The van der Waals surface area contributed by atoms with E-state index in [0.717, 1.165) is 36.4 Å². The predicted octanol–water partition coefficient (Wildman–Crippen LogP) is 5.70. The fourth-order valence-corrected chi connectivity index (χ4v) is 8.47. The number of carbonyl (C=O) groups excluding carboxylic acids is 1. The van der Waals surface area contributed by atoms with Crippen LogP contribution < -0.4 is 4.74 Å². The van der Waals surface area contributed by atoms with Crippen LogP contribution in [0.4, 0.5) is 35.1 Å². The van der Waals surface area contributed by atoms with E-state index in [1.54, 1.807) is 0 Å². The maximum Gasteiger partial charge on any atom is 0.423 e. The highest BCUT2D eigenvalue weighted by atomic mass is 32.2. The summed E-state index contributed by atoms with van der Waals surface area (Å²) < 4.78 is 140. The number of aliphatic hydroxyl groups is 1. The van der Waals surface area contributed by atoms with E-state index < -0.39 is 80.9 Å². The van der Waals surface area contributed by atoms with Crippen LogP contribution in [0.3, 0.4) is 0 Å². The number of rotatable bonds is 6. The molecule has 1 amide bonds. The summed E-state index contributed by atoms with van der Waals surface area (Å²) in [7, 11) is -4.55. The van der Waals surface area contributed by atoms with E-state index in [2.05, 4.69) is 0 Å². The molecule has 0 aromatic heterocycles. The molecule has 1 aliphatic carbocycles. The van der Waals surface area contributed by atoms with Crippen molar-refractivity contribution in [3.8, 4) is 5.75 Å². The third-order valence-electron chi connectivity index (χ3n) is 8.10. The Kier molecular flexibility index (Phi) is 7.94. The Morgan fingerprint density at radius 3 is 2.34 bits per heavy atom. The summed E-state index contributed by atoms with van der Waals surface area (Å²) in [5.41, 5.74) is -1.57. The second kappa shape index (κ2) is 11.0. The quantitative estimate of drug-likeness (QED) is 0.274. The third-order valence-corrected chi connectivity index (χ3v) is 10.6. The Bertz CT molecular complexity index is 1690. The number of halogens is 8. The number of sulfone groups is 1. The number of aryl methyl sites for hydroxylation is 1. The number of ether oxygens (including phenoxy) is 1. The normalized spacial score (nSPS) is 21.0. The number of fused-ring (bicyclic) bond motifs is 3. The topological polar surface area (TPSA) is 83.9 Å². The largest absolute Gasteiger partial charge is 0.489 e. The summed E-state index contributed by atoms with van der Waals surface area (Å²) in [6, 6.07) is 8.71. The fraction of sp³-hybridized carbons (Fsp3) is 0.345. The molecule has 15 heteroatoms. The van der Waals surface area contributed by atoms with E-state index in [1.807, 2.05) is 0 Å². The maximum absolute atomic E-state index is 14.3. The average Bonchev–Trinajstić information content (AvgIpc) is 3.36. The molecule has 3 aromatic rings. The molecule has 236 valence electrons. The van der Waals surface area contributed by atoms with Gasteiger partial charge in [0.1, 0.15) is 28.7 Å². The summed E-state index contributed by atoms with van der Waals surface area (Å²) in [6.45, 7) is -1.28. The molecule has 1 N–H and O–H groups in total. The maximum atomic E-state index is 14.3. The van der Waals surface area contributed by atoms with Crippen molar-refractivity contribution in [2.24, 2.45) is 0 Å². The van der Waals surface area contributed by atoms with Gasteiger partial charge < -0.3 is 14.7 Å². The van der Waals surface area contributed by atoms with Gasteiger partial charge >= 0.3 is 12.4 Å². The number of hydrogen-bond donors (Lipinski definition) is 1. The first-order valence-corrected chi connectivity index (χ1v) is 14.6. The zero-order chi connectivity index (χ0) is 32.2. The number of aliphatic hydroxyl groups excluding tert-OH is 1. The van der Waals surface area contributed by atoms with Crippen LogP contribution in [0.25, 0.3) is 0 Å². The van der Waals surface area contributed by atoms with Gasteiger partial charge in [0, 0.05) is 12.1 Å². The lowest BCUT2D eigenvalue weighted by molar-refractivity contribution is -0.211. The van der Waals surface area contributed by atoms with Gasteiger partial charge in [0.2, 0.25) is 6.10 Å². The lowest BCUT2D eigenvalue weighted by Crippen LogP contribution is -2.55. The second-order valence-corrected chi connectivity index (χ2v) is 12.7. The lowest BCUT2D eigenvalue weighted by Gasteiger charge is -2.43. The van der Waals surface area contributed by atoms with Crippen molar-refractivity contribution in [1.29, 1.82) is 0 Å². The number of carbonyl (C=O) groups is 1. The van der Waals surface area contributed by atoms with Gasteiger partial charge in [-0.3, -0.25) is 4.79 Å².